The molecule has 0 aliphatic rings. The van der Waals surface area contributed by atoms with Crippen molar-refractivity contribution in [2.24, 2.45) is 14.1 Å². The van der Waals surface area contributed by atoms with Crippen LogP contribution in [0.3, 0.4) is 0 Å². The molecule has 0 fully saturated rings. The smallest absolute Gasteiger partial charge is 0.270 e. The largest absolute Gasteiger partial charge is 0.280 e. The summed E-state index contributed by atoms with van der Waals surface area (Å²) in [6, 6.07) is 13.2. The molecule has 0 aliphatic carbocycles. The predicted molar refractivity (Wildman–Crippen MR) is 89.9 cm³/mol. The zero-order valence-electron chi connectivity index (χ0n) is 13.1. The van der Waals surface area contributed by atoms with Gasteiger partial charge in [-0.25, -0.2) is 0 Å². The Balaban J connectivity index is 1.91. The molecule has 2 aromatic carbocycles. The van der Waals surface area contributed by atoms with Crippen molar-refractivity contribution in [1.82, 2.24) is 4.57 Å². The third-order valence-corrected chi connectivity index (χ3v) is 4.05. The van der Waals surface area contributed by atoms with E-state index >= 15 is 0 Å². The topological polar surface area (TPSA) is 8.81 Å². The average Bonchev–Trinajstić information content (AvgIpc) is 2.86. The summed E-state index contributed by atoms with van der Waals surface area (Å²) < 4.78 is 30.7. The number of allylic oxidation sites excluding steroid dienone is 1. The van der Waals surface area contributed by atoms with Crippen LogP contribution in [0.1, 0.15) is 5.56 Å². The fourth-order valence-electron chi connectivity index (χ4n) is 2.76. The molecule has 0 spiro atoms. The molecule has 0 atom stereocenters. The third kappa shape index (κ3) is 3.18. The number of imidazole rings is 1. The quantitative estimate of drug-likeness (QED) is 0.517. The van der Waals surface area contributed by atoms with Crippen molar-refractivity contribution in [2.75, 3.05) is 0 Å². The lowest BCUT2D eigenvalue weighted by atomic mass is 9.69. The lowest BCUT2D eigenvalue weighted by Gasteiger charge is -2.16. The molecule has 0 amide bonds. The van der Waals surface area contributed by atoms with Gasteiger partial charge in [-0.3, -0.25) is 9.13 Å². The summed E-state index contributed by atoms with van der Waals surface area (Å²) in [4.78, 5) is 0. The van der Waals surface area contributed by atoms with Gasteiger partial charge in [0.05, 0.1) is 14.1 Å². The number of halogens is 2. The third-order valence-electron chi connectivity index (χ3n) is 4.05. The highest BCUT2D eigenvalue weighted by Crippen LogP contribution is 2.27. The highest BCUT2D eigenvalue weighted by Gasteiger charge is 2.08. The van der Waals surface area contributed by atoms with Gasteiger partial charge in [-0.2, -0.15) is 22.4 Å². The highest BCUT2D eigenvalue weighted by molar-refractivity contribution is 6.52. The van der Waals surface area contributed by atoms with Gasteiger partial charge in [0, 0.05) is 5.72 Å². The first-order valence-corrected chi connectivity index (χ1v) is 7.44. The lowest BCUT2D eigenvalue weighted by molar-refractivity contribution is -0.653. The molecule has 0 saturated carbocycles. The van der Waals surface area contributed by atoms with Gasteiger partial charge in [-0.05, 0) is 28.0 Å². The van der Waals surface area contributed by atoms with Crippen LogP contribution in [0.25, 0.3) is 16.3 Å². The fourth-order valence-corrected chi connectivity index (χ4v) is 2.76. The molecule has 0 bridgehead atoms. The molecule has 5 heteroatoms. The van der Waals surface area contributed by atoms with Crippen LogP contribution in [0.15, 0.2) is 60.9 Å². The molecule has 2 radical (unpaired) electrons. The monoisotopic (exact) mass is 310 g/mol. The molecule has 3 aromatic rings. The first-order valence-electron chi connectivity index (χ1n) is 7.44. The van der Waals surface area contributed by atoms with E-state index in [1.165, 1.54) is 0 Å². The van der Waals surface area contributed by atoms with E-state index in [-0.39, 0.29) is 11.9 Å². The van der Waals surface area contributed by atoms with Crippen molar-refractivity contribution in [1.29, 1.82) is 0 Å². The second-order valence-electron chi connectivity index (χ2n) is 5.59. The van der Waals surface area contributed by atoms with Gasteiger partial charge in [0.2, 0.25) is 0 Å². The minimum atomic E-state index is -1.63. The van der Waals surface area contributed by atoms with Crippen LogP contribution in [0.2, 0.25) is 6.32 Å². The molecule has 0 saturated heterocycles. The van der Waals surface area contributed by atoms with E-state index in [0.717, 1.165) is 16.5 Å². The molecule has 0 aliphatic heterocycles. The zero-order chi connectivity index (χ0) is 16.4. The van der Waals surface area contributed by atoms with Crippen molar-refractivity contribution in [3.63, 3.8) is 0 Å². The molecule has 1 heterocycles. The van der Waals surface area contributed by atoms with Crippen LogP contribution < -0.4 is 10.3 Å². The number of benzene rings is 2. The van der Waals surface area contributed by atoms with E-state index in [2.05, 4.69) is 0 Å². The molecule has 1 aromatic heterocycles. The number of fused-ring (bicyclic) bond motifs is 1. The van der Waals surface area contributed by atoms with E-state index < -0.39 is 6.08 Å². The van der Waals surface area contributed by atoms with Crippen LogP contribution in [-0.4, -0.2) is 11.8 Å². The predicted octanol–water partition coefficient (Wildman–Crippen LogP) is 3.06. The molecule has 23 heavy (non-hydrogen) atoms. The van der Waals surface area contributed by atoms with Gasteiger partial charge in [-0.15, -0.1) is 0 Å². The molecule has 2 nitrogen and oxygen atoms in total. The standard InChI is InChI=1S/C18H17BF2N2/c1-22-9-10-23(2)18(22)19-12-16(17(20)21)15-8-7-13-5-3-4-6-14(13)11-15/h3-11H,12H2,1-2H3. The Kier molecular flexibility index (Phi) is 4.28. The Morgan fingerprint density at radius 3 is 2.52 bits per heavy atom. The number of aryl methyl sites for hydroxylation is 2. The molecule has 0 unspecified atom stereocenters. The van der Waals surface area contributed by atoms with Crippen LogP contribution in [0.5, 0.6) is 0 Å². The van der Waals surface area contributed by atoms with Crippen LogP contribution in [-0.2, 0) is 14.1 Å². The van der Waals surface area contributed by atoms with E-state index in [9.17, 15) is 8.78 Å². The first kappa shape index (κ1) is 15.5. The van der Waals surface area contributed by atoms with E-state index in [4.69, 9.17) is 0 Å². The van der Waals surface area contributed by atoms with Crippen LogP contribution in [0, 0.1) is 0 Å². The summed E-state index contributed by atoms with van der Waals surface area (Å²) in [7, 11) is 5.62. The van der Waals surface area contributed by atoms with Crippen LogP contribution >= 0.6 is 0 Å². The second-order valence-corrected chi connectivity index (χ2v) is 5.59. The number of nitrogens with zero attached hydrogens (tertiary/aromatic N) is 2. The number of hydrogen-bond donors (Lipinski definition) is 0. The van der Waals surface area contributed by atoms with E-state index in [1.807, 2.05) is 79.3 Å². The van der Waals surface area contributed by atoms with Crippen molar-refractivity contribution >= 4 is 29.3 Å². The van der Waals surface area contributed by atoms with Crippen molar-refractivity contribution in [2.45, 2.75) is 6.32 Å². The van der Waals surface area contributed by atoms with Gasteiger partial charge < -0.3 is 0 Å². The number of hydrogen-bond acceptors (Lipinski definition) is 0. The highest BCUT2D eigenvalue weighted by atomic mass is 19.3. The molecule has 0 N–H and O–H groups in total. The number of rotatable bonds is 4. The summed E-state index contributed by atoms with van der Waals surface area (Å²) in [6.07, 6.45) is 2.36. The summed E-state index contributed by atoms with van der Waals surface area (Å²) in [5, 5.41) is 2.01. The van der Waals surface area contributed by atoms with E-state index in [0.29, 0.717) is 5.56 Å². The van der Waals surface area contributed by atoms with Gasteiger partial charge in [0.25, 0.3) is 6.08 Å². The Labute approximate surface area is 134 Å². The van der Waals surface area contributed by atoms with E-state index in [1.54, 1.807) is 6.07 Å². The van der Waals surface area contributed by atoms with Gasteiger partial charge in [0.15, 0.2) is 0 Å². The van der Waals surface area contributed by atoms with Crippen molar-refractivity contribution in [3.8, 4) is 0 Å². The first-order chi connectivity index (χ1) is 11.1. The van der Waals surface area contributed by atoms with Gasteiger partial charge in [0.1, 0.15) is 12.4 Å². The molecule has 3 rings (SSSR count). The summed E-state index contributed by atoms with van der Waals surface area (Å²) >= 11 is 0. The van der Waals surface area contributed by atoms with Crippen molar-refractivity contribution in [3.05, 3.63) is 66.5 Å². The Hall–Kier alpha value is -2.43. The normalized spacial score (nSPS) is 11.0. The van der Waals surface area contributed by atoms with Gasteiger partial charge >= 0.3 is 0 Å². The zero-order valence-corrected chi connectivity index (χ0v) is 13.1. The van der Waals surface area contributed by atoms with Crippen molar-refractivity contribution < 1.29 is 13.3 Å². The maximum absolute atomic E-state index is 13.5. The van der Waals surface area contributed by atoms with Crippen LogP contribution in [0.4, 0.5) is 8.78 Å². The van der Waals surface area contributed by atoms with Gasteiger partial charge in [-0.1, -0.05) is 36.4 Å². The Morgan fingerprint density at radius 2 is 1.87 bits per heavy atom. The summed E-state index contributed by atoms with van der Waals surface area (Å²) in [5.74, 6) is 0. The minimum absolute atomic E-state index is 0.0666. The summed E-state index contributed by atoms with van der Waals surface area (Å²) in [5.41, 5.74) is 1.53. The SMILES string of the molecule is Cn1cc[n+](C)c1[B-]CC(=C(F)F)c1ccc2ccccc2c1. The molecular formula is C18H17BF2N2. The maximum Gasteiger partial charge on any atom is 0.270 e. The Morgan fingerprint density at radius 1 is 1.13 bits per heavy atom. The fraction of sp³-hybridized carbons (Fsp3) is 0.167. The molecular weight excluding hydrogens is 293 g/mol. The lowest BCUT2D eigenvalue weighted by Crippen LogP contribution is -2.49. The Bertz CT molecular complexity index is 860. The maximum atomic E-state index is 13.5. The number of aromatic nitrogens is 2. The average molecular weight is 310 g/mol. The summed E-state index contributed by atoms with van der Waals surface area (Å²) in [6.45, 7) is 0. The minimum Gasteiger partial charge on any atom is -0.280 e. The molecule has 116 valence electrons. The second kappa shape index (κ2) is 6.36.